The van der Waals surface area contributed by atoms with Gasteiger partial charge in [-0.05, 0) is 25.5 Å². The molecule has 102 valence electrons. The molecule has 2 atom stereocenters. The number of carbonyl (C=O) groups is 1. The van der Waals surface area contributed by atoms with Crippen molar-refractivity contribution in [2.24, 2.45) is 0 Å². The van der Waals surface area contributed by atoms with Crippen LogP contribution < -0.4 is 0 Å². The summed E-state index contributed by atoms with van der Waals surface area (Å²) in [7, 11) is 0. The predicted molar refractivity (Wildman–Crippen MR) is 70.6 cm³/mol. The van der Waals surface area contributed by atoms with Gasteiger partial charge in [0.2, 0.25) is 0 Å². The first-order valence-corrected chi connectivity index (χ1v) is 6.15. The van der Waals surface area contributed by atoms with E-state index in [-0.39, 0.29) is 6.61 Å². The number of aryl methyl sites for hydroxylation is 1. The number of hydrogen-bond donors (Lipinski definition) is 3. The van der Waals surface area contributed by atoms with Gasteiger partial charge in [-0.1, -0.05) is 12.1 Å². The van der Waals surface area contributed by atoms with Crippen LogP contribution in [-0.4, -0.2) is 33.9 Å². The number of H-pyrrole nitrogens is 1. The number of hydrogen-bond acceptors (Lipinski definition) is 4. The predicted octanol–water partition coefficient (Wildman–Crippen LogP) is 1.43. The first-order chi connectivity index (χ1) is 9.04. The Hall–Kier alpha value is -1.85. The van der Waals surface area contributed by atoms with Crippen molar-refractivity contribution in [2.75, 3.05) is 6.61 Å². The van der Waals surface area contributed by atoms with Crippen LogP contribution in [0.3, 0.4) is 0 Å². The third-order valence-electron chi connectivity index (χ3n) is 3.02. The molecule has 1 aromatic carbocycles. The molecule has 0 aliphatic carbocycles. The second-order valence-electron chi connectivity index (χ2n) is 4.43. The molecule has 0 aliphatic rings. The number of nitrogens with one attached hydrogen (secondary N) is 1. The number of esters is 1. The summed E-state index contributed by atoms with van der Waals surface area (Å²) < 4.78 is 4.69. The van der Waals surface area contributed by atoms with Crippen LogP contribution in [0, 0.1) is 6.92 Å². The lowest BCUT2D eigenvalue weighted by atomic mass is 10.0. The van der Waals surface area contributed by atoms with Crippen LogP contribution in [0.1, 0.15) is 24.2 Å². The fraction of sp³-hybridized carbons (Fsp3) is 0.357. The zero-order valence-corrected chi connectivity index (χ0v) is 10.9. The minimum absolute atomic E-state index is 0.162. The molecule has 5 nitrogen and oxygen atoms in total. The van der Waals surface area contributed by atoms with E-state index in [9.17, 15) is 15.0 Å². The van der Waals surface area contributed by atoms with E-state index in [1.54, 1.807) is 13.1 Å². The highest BCUT2D eigenvalue weighted by Crippen LogP contribution is 2.27. The number of aliphatic hydroxyl groups excluding tert-OH is 2. The van der Waals surface area contributed by atoms with Gasteiger partial charge in [-0.25, -0.2) is 4.79 Å². The molecule has 5 heteroatoms. The molecule has 19 heavy (non-hydrogen) atoms. The lowest BCUT2D eigenvalue weighted by Gasteiger charge is -2.15. The van der Waals surface area contributed by atoms with Crippen LogP contribution in [0.25, 0.3) is 10.9 Å². The number of fused-ring (bicyclic) bond motifs is 1. The van der Waals surface area contributed by atoms with Crippen molar-refractivity contribution in [3.8, 4) is 0 Å². The second kappa shape index (κ2) is 5.42. The maximum absolute atomic E-state index is 11.4. The summed E-state index contributed by atoms with van der Waals surface area (Å²) >= 11 is 0. The lowest BCUT2D eigenvalue weighted by Crippen LogP contribution is -2.29. The van der Waals surface area contributed by atoms with E-state index in [0.29, 0.717) is 5.56 Å². The first-order valence-electron chi connectivity index (χ1n) is 6.15. The summed E-state index contributed by atoms with van der Waals surface area (Å²) in [6, 6.07) is 5.68. The van der Waals surface area contributed by atoms with E-state index in [4.69, 9.17) is 4.74 Å². The zero-order chi connectivity index (χ0) is 14.0. The van der Waals surface area contributed by atoms with Crippen LogP contribution in [-0.2, 0) is 9.53 Å². The SMILES string of the molecule is CCOC(=O)C(O)C(O)c1c[nH]c2cc(C)ccc12. The Bertz CT molecular complexity index is 590. The Morgan fingerprint density at radius 1 is 1.42 bits per heavy atom. The van der Waals surface area contributed by atoms with Gasteiger partial charge in [-0.3, -0.25) is 0 Å². The molecule has 2 aromatic rings. The fourth-order valence-electron chi connectivity index (χ4n) is 2.03. The van der Waals surface area contributed by atoms with Gasteiger partial charge in [0.15, 0.2) is 6.10 Å². The van der Waals surface area contributed by atoms with Crippen LogP contribution in [0.5, 0.6) is 0 Å². The molecule has 0 amide bonds. The quantitative estimate of drug-likeness (QED) is 0.729. The van der Waals surface area contributed by atoms with Crippen molar-refractivity contribution in [1.82, 2.24) is 4.98 Å². The number of aromatic nitrogens is 1. The number of aliphatic hydroxyl groups is 2. The first kappa shape index (κ1) is 13.6. The van der Waals surface area contributed by atoms with Crippen LogP contribution >= 0.6 is 0 Å². The van der Waals surface area contributed by atoms with Crippen molar-refractivity contribution in [3.05, 3.63) is 35.5 Å². The average molecular weight is 263 g/mol. The van der Waals surface area contributed by atoms with E-state index in [0.717, 1.165) is 16.5 Å². The van der Waals surface area contributed by atoms with Gasteiger partial charge >= 0.3 is 5.97 Å². The fourth-order valence-corrected chi connectivity index (χ4v) is 2.03. The highest BCUT2D eigenvalue weighted by atomic mass is 16.5. The molecule has 0 saturated carbocycles. The van der Waals surface area contributed by atoms with Gasteiger partial charge in [0.25, 0.3) is 0 Å². The van der Waals surface area contributed by atoms with Gasteiger partial charge in [0, 0.05) is 22.7 Å². The number of rotatable bonds is 4. The highest BCUT2D eigenvalue weighted by Gasteiger charge is 2.28. The van der Waals surface area contributed by atoms with E-state index in [1.165, 1.54) is 0 Å². The Balaban J connectivity index is 2.31. The molecule has 2 rings (SSSR count). The summed E-state index contributed by atoms with van der Waals surface area (Å²) in [5.74, 6) is -0.823. The molecule has 3 N–H and O–H groups in total. The molecule has 0 radical (unpaired) electrons. The van der Waals surface area contributed by atoms with E-state index < -0.39 is 18.2 Å². The van der Waals surface area contributed by atoms with E-state index in [1.807, 2.05) is 25.1 Å². The summed E-state index contributed by atoms with van der Waals surface area (Å²) in [5, 5.41) is 20.6. The van der Waals surface area contributed by atoms with Crippen molar-refractivity contribution in [3.63, 3.8) is 0 Å². The largest absolute Gasteiger partial charge is 0.464 e. The monoisotopic (exact) mass is 263 g/mol. The van der Waals surface area contributed by atoms with Crippen LogP contribution in [0.15, 0.2) is 24.4 Å². The third kappa shape index (κ3) is 2.62. The molecule has 1 heterocycles. The number of carbonyl (C=O) groups excluding carboxylic acids is 1. The number of benzene rings is 1. The molecule has 0 bridgehead atoms. The minimum atomic E-state index is -1.58. The Kier molecular flexibility index (Phi) is 3.87. The molecule has 1 aromatic heterocycles. The normalized spacial score (nSPS) is 14.3. The highest BCUT2D eigenvalue weighted by molar-refractivity contribution is 5.85. The third-order valence-corrected chi connectivity index (χ3v) is 3.02. The molecule has 0 saturated heterocycles. The maximum atomic E-state index is 11.4. The lowest BCUT2D eigenvalue weighted by molar-refractivity contribution is -0.159. The van der Waals surface area contributed by atoms with Gasteiger partial charge in [0.05, 0.1) is 6.61 Å². The Morgan fingerprint density at radius 2 is 2.16 bits per heavy atom. The Morgan fingerprint density at radius 3 is 2.84 bits per heavy atom. The van der Waals surface area contributed by atoms with Crippen LogP contribution in [0.2, 0.25) is 0 Å². The van der Waals surface area contributed by atoms with Crippen molar-refractivity contribution < 1.29 is 19.7 Å². The molecule has 0 aliphatic heterocycles. The minimum Gasteiger partial charge on any atom is -0.464 e. The summed E-state index contributed by atoms with van der Waals surface area (Å²) in [4.78, 5) is 14.4. The number of aromatic amines is 1. The molecule has 2 unspecified atom stereocenters. The van der Waals surface area contributed by atoms with Crippen molar-refractivity contribution >= 4 is 16.9 Å². The van der Waals surface area contributed by atoms with Gasteiger partial charge in [0.1, 0.15) is 6.10 Å². The summed E-state index contributed by atoms with van der Waals surface area (Å²) in [6.07, 6.45) is -1.30. The molecular formula is C14H17NO4. The summed E-state index contributed by atoms with van der Waals surface area (Å²) in [5.41, 5.74) is 2.42. The van der Waals surface area contributed by atoms with Gasteiger partial charge < -0.3 is 19.9 Å². The Labute approximate surface area is 110 Å². The van der Waals surface area contributed by atoms with E-state index in [2.05, 4.69) is 4.98 Å². The maximum Gasteiger partial charge on any atom is 0.338 e. The standard InChI is InChI=1S/C14H17NO4/c1-3-19-14(18)13(17)12(16)10-7-15-11-6-8(2)4-5-9(10)11/h4-7,12-13,15-17H,3H2,1-2H3. The van der Waals surface area contributed by atoms with Gasteiger partial charge in [-0.2, -0.15) is 0 Å². The molecular weight excluding hydrogens is 246 g/mol. The van der Waals surface area contributed by atoms with Crippen molar-refractivity contribution in [2.45, 2.75) is 26.1 Å². The molecule has 0 spiro atoms. The average Bonchev–Trinajstić information content (AvgIpc) is 2.80. The second-order valence-corrected chi connectivity index (χ2v) is 4.43. The number of ether oxygens (including phenoxy) is 1. The smallest absolute Gasteiger partial charge is 0.338 e. The van der Waals surface area contributed by atoms with E-state index >= 15 is 0 Å². The zero-order valence-electron chi connectivity index (χ0n) is 10.9. The molecule has 0 fully saturated rings. The van der Waals surface area contributed by atoms with Crippen molar-refractivity contribution in [1.29, 1.82) is 0 Å². The van der Waals surface area contributed by atoms with Gasteiger partial charge in [-0.15, -0.1) is 0 Å². The summed E-state index contributed by atoms with van der Waals surface area (Å²) in [6.45, 7) is 3.77. The van der Waals surface area contributed by atoms with Crippen LogP contribution in [0.4, 0.5) is 0 Å². The topological polar surface area (TPSA) is 82.6 Å².